The van der Waals surface area contributed by atoms with Crippen molar-refractivity contribution in [1.82, 2.24) is 10.6 Å². The molecular weight excluding hydrogens is 148 g/mol. The van der Waals surface area contributed by atoms with E-state index in [1.54, 1.807) is 0 Å². The summed E-state index contributed by atoms with van der Waals surface area (Å²) in [6.45, 7) is 8.31. The van der Waals surface area contributed by atoms with Crippen LogP contribution in [0.1, 0.15) is 26.7 Å². The van der Waals surface area contributed by atoms with Gasteiger partial charge in [0.05, 0.1) is 0 Å². The molecule has 70 valence electrons. The van der Waals surface area contributed by atoms with Gasteiger partial charge in [-0.25, -0.2) is 0 Å². The van der Waals surface area contributed by atoms with Crippen molar-refractivity contribution >= 4 is 0 Å². The molecule has 2 heteroatoms. The Kier molecular flexibility index (Phi) is 2.13. The quantitative estimate of drug-likeness (QED) is 0.654. The van der Waals surface area contributed by atoms with Crippen LogP contribution in [-0.2, 0) is 0 Å². The Bertz CT molecular complexity index is 157. The largest absolute Gasteiger partial charge is 0.314 e. The van der Waals surface area contributed by atoms with Crippen molar-refractivity contribution in [3.05, 3.63) is 0 Å². The van der Waals surface area contributed by atoms with Crippen LogP contribution in [0.25, 0.3) is 0 Å². The second kappa shape index (κ2) is 3.00. The maximum Gasteiger partial charge on any atom is 0.0317 e. The molecule has 2 aliphatic rings. The molecule has 1 aliphatic heterocycles. The highest BCUT2D eigenvalue weighted by Crippen LogP contribution is 2.51. The molecule has 1 heterocycles. The van der Waals surface area contributed by atoms with Gasteiger partial charge in [0.1, 0.15) is 0 Å². The molecule has 0 aromatic carbocycles. The Morgan fingerprint density at radius 3 is 2.42 bits per heavy atom. The lowest BCUT2D eigenvalue weighted by molar-refractivity contribution is 0.285. The Morgan fingerprint density at radius 1 is 1.42 bits per heavy atom. The summed E-state index contributed by atoms with van der Waals surface area (Å²) in [4.78, 5) is 0. The molecule has 2 nitrogen and oxygen atoms in total. The second-order valence-electron chi connectivity index (χ2n) is 4.75. The van der Waals surface area contributed by atoms with E-state index in [9.17, 15) is 0 Å². The van der Waals surface area contributed by atoms with Crippen molar-refractivity contribution in [2.45, 2.75) is 32.7 Å². The highest BCUT2D eigenvalue weighted by atomic mass is 15.1. The van der Waals surface area contributed by atoms with Crippen LogP contribution in [0.5, 0.6) is 0 Å². The lowest BCUT2D eigenvalue weighted by atomic mass is 9.92. The average molecular weight is 168 g/mol. The Hall–Kier alpha value is -0.0800. The van der Waals surface area contributed by atoms with Crippen molar-refractivity contribution in [1.29, 1.82) is 0 Å². The monoisotopic (exact) mass is 168 g/mol. The molecular formula is C10H20N2. The van der Waals surface area contributed by atoms with Crippen LogP contribution in [0.2, 0.25) is 0 Å². The minimum Gasteiger partial charge on any atom is -0.314 e. The van der Waals surface area contributed by atoms with E-state index >= 15 is 0 Å². The minimum atomic E-state index is 0.676. The van der Waals surface area contributed by atoms with Gasteiger partial charge in [0, 0.05) is 25.7 Å². The number of hydrogen-bond donors (Lipinski definition) is 2. The second-order valence-corrected chi connectivity index (χ2v) is 4.75. The molecule has 0 aromatic heterocycles. The van der Waals surface area contributed by atoms with Crippen molar-refractivity contribution in [2.24, 2.45) is 11.3 Å². The van der Waals surface area contributed by atoms with Crippen molar-refractivity contribution in [2.75, 3.05) is 19.6 Å². The van der Waals surface area contributed by atoms with Gasteiger partial charge in [0.15, 0.2) is 0 Å². The maximum absolute atomic E-state index is 3.64. The van der Waals surface area contributed by atoms with Gasteiger partial charge in [-0.2, -0.15) is 0 Å². The van der Waals surface area contributed by atoms with E-state index in [4.69, 9.17) is 0 Å². The zero-order valence-electron chi connectivity index (χ0n) is 8.19. The summed E-state index contributed by atoms with van der Waals surface area (Å²) in [6, 6.07) is 0.765. The van der Waals surface area contributed by atoms with E-state index in [0.717, 1.165) is 12.0 Å². The van der Waals surface area contributed by atoms with Gasteiger partial charge in [-0.15, -0.1) is 0 Å². The van der Waals surface area contributed by atoms with Gasteiger partial charge >= 0.3 is 0 Å². The fraction of sp³-hybridized carbons (Fsp3) is 1.00. The van der Waals surface area contributed by atoms with Gasteiger partial charge < -0.3 is 10.6 Å². The topological polar surface area (TPSA) is 24.1 Å². The normalized spacial score (nSPS) is 27.2. The third-order valence-electron chi connectivity index (χ3n) is 3.64. The molecule has 2 rings (SSSR count). The molecule has 1 aliphatic carbocycles. The van der Waals surface area contributed by atoms with Crippen molar-refractivity contribution in [3.63, 3.8) is 0 Å². The van der Waals surface area contributed by atoms with Gasteiger partial charge in [-0.3, -0.25) is 0 Å². The van der Waals surface area contributed by atoms with Gasteiger partial charge in [-0.05, 0) is 24.2 Å². The first-order valence-electron chi connectivity index (χ1n) is 5.17. The van der Waals surface area contributed by atoms with E-state index in [1.165, 1.54) is 32.5 Å². The van der Waals surface area contributed by atoms with Crippen LogP contribution in [-0.4, -0.2) is 25.7 Å². The molecule has 2 fully saturated rings. The molecule has 1 saturated carbocycles. The van der Waals surface area contributed by atoms with Crippen LogP contribution >= 0.6 is 0 Å². The Balaban J connectivity index is 1.71. The van der Waals surface area contributed by atoms with E-state index in [1.807, 2.05) is 0 Å². The molecule has 1 saturated heterocycles. The highest BCUT2D eigenvalue weighted by Gasteiger charge is 2.45. The van der Waals surface area contributed by atoms with Crippen LogP contribution in [0, 0.1) is 11.3 Å². The number of rotatable bonds is 4. The van der Waals surface area contributed by atoms with E-state index < -0.39 is 0 Å². The fourth-order valence-corrected chi connectivity index (χ4v) is 1.90. The molecule has 0 spiro atoms. The van der Waals surface area contributed by atoms with Crippen LogP contribution < -0.4 is 10.6 Å². The minimum absolute atomic E-state index is 0.676. The van der Waals surface area contributed by atoms with Crippen LogP contribution in [0.15, 0.2) is 0 Å². The average Bonchev–Trinajstić information content (AvgIpc) is 2.65. The van der Waals surface area contributed by atoms with Gasteiger partial charge in [-0.1, -0.05) is 13.8 Å². The summed E-state index contributed by atoms with van der Waals surface area (Å²) in [6.07, 6.45) is 2.88. The van der Waals surface area contributed by atoms with Crippen LogP contribution in [0.3, 0.4) is 0 Å². The van der Waals surface area contributed by atoms with Gasteiger partial charge in [0.2, 0.25) is 0 Å². The van der Waals surface area contributed by atoms with Crippen LogP contribution in [0.4, 0.5) is 0 Å². The number of nitrogens with one attached hydrogen (secondary N) is 2. The van der Waals surface area contributed by atoms with E-state index in [-0.39, 0.29) is 0 Å². The van der Waals surface area contributed by atoms with Crippen molar-refractivity contribution < 1.29 is 0 Å². The summed E-state index contributed by atoms with van der Waals surface area (Å²) in [5.41, 5.74) is 0.676. The summed E-state index contributed by atoms with van der Waals surface area (Å²) in [5.74, 6) is 0.859. The number of hydrogen-bond acceptors (Lipinski definition) is 2. The highest BCUT2D eigenvalue weighted by molar-refractivity contribution is 4.98. The zero-order valence-corrected chi connectivity index (χ0v) is 8.19. The first-order valence-corrected chi connectivity index (χ1v) is 5.17. The van der Waals surface area contributed by atoms with Gasteiger partial charge in [0.25, 0.3) is 0 Å². The predicted octanol–water partition coefficient (Wildman–Crippen LogP) is 0.984. The molecule has 0 unspecified atom stereocenters. The molecule has 0 aromatic rings. The molecule has 0 amide bonds. The smallest absolute Gasteiger partial charge is 0.0317 e. The lowest BCUT2D eigenvalue weighted by Crippen LogP contribution is -2.56. The summed E-state index contributed by atoms with van der Waals surface area (Å²) in [7, 11) is 0. The summed E-state index contributed by atoms with van der Waals surface area (Å²) in [5, 5.41) is 6.93. The third-order valence-corrected chi connectivity index (χ3v) is 3.64. The predicted molar refractivity (Wildman–Crippen MR) is 51.2 cm³/mol. The van der Waals surface area contributed by atoms with E-state index in [2.05, 4.69) is 24.5 Å². The SMILES string of the molecule is CC(C)C1(CNC2CNC2)CC1. The zero-order chi connectivity index (χ0) is 8.60. The molecule has 0 radical (unpaired) electrons. The molecule has 0 atom stereocenters. The Morgan fingerprint density at radius 2 is 2.08 bits per heavy atom. The summed E-state index contributed by atoms with van der Waals surface area (Å²) >= 11 is 0. The fourth-order valence-electron chi connectivity index (χ4n) is 1.90. The molecule has 2 N–H and O–H groups in total. The molecule has 0 bridgehead atoms. The van der Waals surface area contributed by atoms with E-state index in [0.29, 0.717) is 5.41 Å². The lowest BCUT2D eigenvalue weighted by Gasteiger charge is -2.31. The summed E-state index contributed by atoms with van der Waals surface area (Å²) < 4.78 is 0. The first-order chi connectivity index (χ1) is 5.73. The first kappa shape index (κ1) is 8.52. The maximum atomic E-state index is 3.64. The van der Waals surface area contributed by atoms with Crippen molar-refractivity contribution in [3.8, 4) is 0 Å². The standard InChI is InChI=1S/C10H20N2/c1-8(2)10(3-4-10)7-12-9-5-11-6-9/h8-9,11-12H,3-7H2,1-2H3. The third kappa shape index (κ3) is 1.50. The Labute approximate surface area is 75.1 Å². The molecule has 12 heavy (non-hydrogen) atoms.